The molecule has 0 spiro atoms. The van der Waals surface area contributed by atoms with Gasteiger partial charge in [0, 0.05) is 17.2 Å². The first-order chi connectivity index (χ1) is 13.9. The second kappa shape index (κ2) is 7.47. The standard InChI is InChI=1S/C23H14F4N2/c24-16-12-13-17(18(25)14-16)20-9-5-11-22(29-20)23(26,27)21-10-4-8-19(28-21)15-6-2-1-3-7-15/h1-14H. The summed E-state index contributed by atoms with van der Waals surface area (Å²) in [4.78, 5) is 8.04. The molecule has 2 nitrogen and oxygen atoms in total. The number of hydrogen-bond acceptors (Lipinski definition) is 2. The number of halogens is 4. The molecule has 0 saturated heterocycles. The van der Waals surface area contributed by atoms with E-state index in [-0.39, 0.29) is 11.3 Å². The first kappa shape index (κ1) is 18.8. The summed E-state index contributed by atoms with van der Waals surface area (Å²) in [6.45, 7) is 0. The Balaban J connectivity index is 1.75. The summed E-state index contributed by atoms with van der Waals surface area (Å²) in [5.74, 6) is -5.13. The molecule has 0 N–H and O–H groups in total. The lowest BCUT2D eigenvalue weighted by Gasteiger charge is -2.17. The highest BCUT2D eigenvalue weighted by atomic mass is 19.3. The van der Waals surface area contributed by atoms with E-state index in [1.165, 1.54) is 30.3 Å². The molecule has 0 unspecified atom stereocenters. The van der Waals surface area contributed by atoms with Crippen molar-refractivity contribution in [2.75, 3.05) is 0 Å². The maximum atomic E-state index is 15.2. The van der Waals surface area contributed by atoms with Crippen LogP contribution in [0.25, 0.3) is 22.5 Å². The second-order valence-electron chi connectivity index (χ2n) is 6.38. The number of pyridine rings is 2. The highest BCUT2D eigenvalue weighted by molar-refractivity contribution is 5.61. The van der Waals surface area contributed by atoms with E-state index >= 15 is 8.78 Å². The quantitative estimate of drug-likeness (QED) is 0.384. The highest BCUT2D eigenvalue weighted by Gasteiger charge is 2.37. The van der Waals surface area contributed by atoms with Crippen LogP contribution >= 0.6 is 0 Å². The van der Waals surface area contributed by atoms with Gasteiger partial charge in [0.05, 0.1) is 11.4 Å². The Bertz CT molecular complexity index is 1160. The van der Waals surface area contributed by atoms with E-state index in [0.717, 1.165) is 12.1 Å². The second-order valence-corrected chi connectivity index (χ2v) is 6.38. The molecule has 0 bridgehead atoms. The molecule has 2 aromatic heterocycles. The predicted octanol–water partition coefficient (Wildman–Crippen LogP) is 6.23. The third-order valence-electron chi connectivity index (χ3n) is 4.42. The molecule has 0 atom stereocenters. The van der Waals surface area contributed by atoms with Gasteiger partial charge in [0.25, 0.3) is 0 Å². The number of aromatic nitrogens is 2. The fraction of sp³-hybridized carbons (Fsp3) is 0.0435. The van der Waals surface area contributed by atoms with Crippen molar-refractivity contribution >= 4 is 0 Å². The van der Waals surface area contributed by atoms with Gasteiger partial charge in [-0.15, -0.1) is 0 Å². The van der Waals surface area contributed by atoms with Crippen molar-refractivity contribution in [3.63, 3.8) is 0 Å². The fourth-order valence-electron chi connectivity index (χ4n) is 2.97. The summed E-state index contributed by atoms with van der Waals surface area (Å²) < 4.78 is 57.5. The average molecular weight is 394 g/mol. The van der Waals surface area contributed by atoms with Crippen molar-refractivity contribution in [3.05, 3.63) is 108 Å². The zero-order valence-electron chi connectivity index (χ0n) is 15.0. The molecule has 2 heterocycles. The van der Waals surface area contributed by atoms with Crippen LogP contribution in [0, 0.1) is 11.6 Å². The Morgan fingerprint density at radius 3 is 1.90 bits per heavy atom. The summed E-state index contributed by atoms with van der Waals surface area (Å²) in [7, 11) is 0. The van der Waals surface area contributed by atoms with Crippen molar-refractivity contribution in [2.24, 2.45) is 0 Å². The van der Waals surface area contributed by atoms with Crippen LogP contribution in [0.1, 0.15) is 11.4 Å². The monoisotopic (exact) mass is 394 g/mol. The first-order valence-corrected chi connectivity index (χ1v) is 8.79. The van der Waals surface area contributed by atoms with Crippen LogP contribution < -0.4 is 0 Å². The molecule has 0 aliphatic carbocycles. The van der Waals surface area contributed by atoms with Crippen LogP contribution in [-0.2, 0) is 5.92 Å². The topological polar surface area (TPSA) is 25.8 Å². The van der Waals surface area contributed by atoms with Crippen molar-refractivity contribution in [1.82, 2.24) is 9.97 Å². The Kier molecular flexibility index (Phi) is 4.84. The molecule has 144 valence electrons. The van der Waals surface area contributed by atoms with Crippen molar-refractivity contribution in [3.8, 4) is 22.5 Å². The molecule has 0 aliphatic heterocycles. The van der Waals surface area contributed by atoms with Crippen LogP contribution in [-0.4, -0.2) is 9.97 Å². The predicted molar refractivity (Wildman–Crippen MR) is 102 cm³/mol. The van der Waals surface area contributed by atoms with E-state index in [1.807, 2.05) is 6.07 Å². The lowest BCUT2D eigenvalue weighted by atomic mass is 10.1. The van der Waals surface area contributed by atoms with E-state index < -0.39 is 28.9 Å². The Hall–Kier alpha value is -3.54. The number of hydrogen-bond donors (Lipinski definition) is 0. The van der Waals surface area contributed by atoms with E-state index in [1.54, 1.807) is 30.3 Å². The summed E-state index contributed by atoms with van der Waals surface area (Å²) in [6.07, 6.45) is 0. The molecule has 29 heavy (non-hydrogen) atoms. The van der Waals surface area contributed by atoms with Gasteiger partial charge in [0.1, 0.15) is 23.0 Å². The molecular weight excluding hydrogens is 380 g/mol. The first-order valence-electron chi connectivity index (χ1n) is 8.79. The van der Waals surface area contributed by atoms with Crippen molar-refractivity contribution < 1.29 is 17.6 Å². The minimum absolute atomic E-state index is 0.0149. The SMILES string of the molecule is Fc1ccc(-c2cccc(C(F)(F)c3cccc(-c4ccccc4)n3)n2)c(F)c1. The zero-order chi connectivity index (χ0) is 20.4. The normalized spacial score (nSPS) is 11.4. The van der Waals surface area contributed by atoms with Crippen LogP contribution in [0.2, 0.25) is 0 Å². The van der Waals surface area contributed by atoms with E-state index in [2.05, 4.69) is 9.97 Å². The molecule has 4 rings (SSSR count). The van der Waals surface area contributed by atoms with E-state index in [4.69, 9.17) is 0 Å². The van der Waals surface area contributed by atoms with Gasteiger partial charge in [0.15, 0.2) is 0 Å². The molecule has 0 saturated carbocycles. The van der Waals surface area contributed by atoms with E-state index in [9.17, 15) is 8.78 Å². The smallest absolute Gasteiger partial charge is 0.246 e. The maximum absolute atomic E-state index is 15.2. The summed E-state index contributed by atoms with van der Waals surface area (Å²) in [5.41, 5.74) is -0.00259. The largest absolute Gasteiger partial charge is 0.331 e. The summed E-state index contributed by atoms with van der Waals surface area (Å²) in [5, 5.41) is 0. The van der Waals surface area contributed by atoms with Gasteiger partial charge < -0.3 is 0 Å². The van der Waals surface area contributed by atoms with Crippen LogP contribution in [0.4, 0.5) is 17.6 Å². The Morgan fingerprint density at radius 1 is 0.621 bits per heavy atom. The Morgan fingerprint density at radius 2 is 1.24 bits per heavy atom. The molecule has 6 heteroatoms. The van der Waals surface area contributed by atoms with Gasteiger partial charge in [0.2, 0.25) is 0 Å². The highest BCUT2D eigenvalue weighted by Crippen LogP contribution is 2.35. The minimum Gasteiger partial charge on any atom is -0.246 e. The number of rotatable bonds is 4. The fourth-order valence-corrected chi connectivity index (χ4v) is 2.97. The lowest BCUT2D eigenvalue weighted by Crippen LogP contribution is -2.19. The third kappa shape index (κ3) is 3.74. The van der Waals surface area contributed by atoms with Crippen molar-refractivity contribution in [1.29, 1.82) is 0 Å². The van der Waals surface area contributed by atoms with E-state index in [0.29, 0.717) is 17.3 Å². The Labute approximate surface area is 164 Å². The molecular formula is C23H14F4N2. The molecule has 4 aromatic rings. The maximum Gasteiger partial charge on any atom is 0.331 e. The molecule has 2 aromatic carbocycles. The van der Waals surface area contributed by atoms with Crippen molar-refractivity contribution in [2.45, 2.75) is 5.92 Å². The van der Waals surface area contributed by atoms with Gasteiger partial charge in [-0.3, -0.25) is 0 Å². The molecule has 0 amide bonds. The molecule has 0 radical (unpaired) electrons. The zero-order valence-corrected chi connectivity index (χ0v) is 15.0. The molecule has 0 fully saturated rings. The third-order valence-corrected chi connectivity index (χ3v) is 4.42. The van der Waals surface area contributed by atoms with Crippen LogP contribution in [0.15, 0.2) is 84.9 Å². The average Bonchev–Trinajstić information content (AvgIpc) is 2.74. The number of benzene rings is 2. The molecule has 0 aliphatic rings. The van der Waals surface area contributed by atoms with Crippen LogP contribution in [0.3, 0.4) is 0 Å². The van der Waals surface area contributed by atoms with Gasteiger partial charge in [-0.2, -0.15) is 8.78 Å². The number of alkyl halides is 2. The van der Waals surface area contributed by atoms with Crippen LogP contribution in [0.5, 0.6) is 0 Å². The minimum atomic E-state index is -3.50. The van der Waals surface area contributed by atoms with Gasteiger partial charge in [-0.05, 0) is 36.4 Å². The van der Waals surface area contributed by atoms with Gasteiger partial charge >= 0.3 is 5.92 Å². The lowest BCUT2D eigenvalue weighted by molar-refractivity contribution is 0.0334. The van der Waals surface area contributed by atoms with Gasteiger partial charge in [-0.1, -0.05) is 42.5 Å². The summed E-state index contributed by atoms with van der Waals surface area (Å²) in [6, 6.07) is 20.2. The summed E-state index contributed by atoms with van der Waals surface area (Å²) >= 11 is 0. The number of nitrogens with zero attached hydrogens (tertiary/aromatic N) is 2. The van der Waals surface area contributed by atoms with Gasteiger partial charge in [-0.25, -0.2) is 18.7 Å².